The molecule has 1 N–H and O–H groups in total. The van der Waals surface area contributed by atoms with Gasteiger partial charge in [0.05, 0.1) is 19.4 Å². The highest BCUT2D eigenvalue weighted by molar-refractivity contribution is 7.88. The highest BCUT2D eigenvalue weighted by atomic mass is 32.2. The summed E-state index contributed by atoms with van der Waals surface area (Å²) < 4.78 is 30.6. The molecule has 2 rings (SSSR count). The van der Waals surface area contributed by atoms with Crippen LogP contribution in [0.1, 0.15) is 18.1 Å². The summed E-state index contributed by atoms with van der Waals surface area (Å²) in [5, 5.41) is 2.76. The fourth-order valence-corrected chi connectivity index (χ4v) is 3.14. The Labute approximate surface area is 154 Å². The lowest BCUT2D eigenvalue weighted by Gasteiger charge is -2.19. The van der Waals surface area contributed by atoms with Crippen molar-refractivity contribution in [3.8, 4) is 5.75 Å². The summed E-state index contributed by atoms with van der Waals surface area (Å²) >= 11 is 0. The van der Waals surface area contributed by atoms with Crippen LogP contribution < -0.4 is 10.1 Å². The average molecular weight is 376 g/mol. The lowest BCUT2D eigenvalue weighted by atomic mass is 10.2. The zero-order chi connectivity index (χ0) is 19.0. The number of amides is 1. The van der Waals surface area contributed by atoms with E-state index in [4.69, 9.17) is 4.74 Å². The van der Waals surface area contributed by atoms with Crippen molar-refractivity contribution in [2.24, 2.45) is 0 Å². The smallest absolute Gasteiger partial charge is 0.235 e. The molecule has 0 heterocycles. The number of nitrogens with one attached hydrogen (secondary N) is 1. The molecular weight excluding hydrogens is 352 g/mol. The molecule has 0 atom stereocenters. The first-order chi connectivity index (χ1) is 12.4. The van der Waals surface area contributed by atoms with E-state index in [-0.39, 0.29) is 19.0 Å². The third-order valence-electron chi connectivity index (χ3n) is 3.69. The van der Waals surface area contributed by atoms with Gasteiger partial charge < -0.3 is 10.1 Å². The van der Waals surface area contributed by atoms with Crippen LogP contribution in [0.25, 0.3) is 0 Å². The van der Waals surface area contributed by atoms with E-state index in [2.05, 4.69) is 5.32 Å². The minimum absolute atomic E-state index is 0.160. The summed E-state index contributed by atoms with van der Waals surface area (Å²) in [4.78, 5) is 12.2. The van der Waals surface area contributed by atoms with Crippen molar-refractivity contribution in [1.82, 2.24) is 9.62 Å². The molecule has 0 aromatic heterocycles. The van der Waals surface area contributed by atoms with Gasteiger partial charge in [-0.2, -0.15) is 4.31 Å². The average Bonchev–Trinajstić information content (AvgIpc) is 2.60. The molecule has 0 radical (unpaired) electrons. The molecule has 2 aromatic rings. The van der Waals surface area contributed by atoms with E-state index in [1.807, 2.05) is 61.5 Å². The van der Waals surface area contributed by atoms with Crippen molar-refractivity contribution >= 4 is 15.9 Å². The normalized spacial score (nSPS) is 11.3. The van der Waals surface area contributed by atoms with Crippen LogP contribution in [0, 0.1) is 0 Å². The van der Waals surface area contributed by atoms with Gasteiger partial charge in [-0.3, -0.25) is 4.79 Å². The SMILES string of the molecule is CCOc1cccc(CNC(=O)CN(Cc2ccccc2)S(C)(=O)=O)c1. The monoisotopic (exact) mass is 376 g/mol. The van der Waals surface area contributed by atoms with Crippen LogP contribution in [-0.4, -0.2) is 38.0 Å². The summed E-state index contributed by atoms with van der Waals surface area (Å²) in [7, 11) is -3.50. The van der Waals surface area contributed by atoms with Crippen molar-refractivity contribution in [1.29, 1.82) is 0 Å². The molecule has 140 valence electrons. The zero-order valence-electron chi connectivity index (χ0n) is 15.0. The summed E-state index contributed by atoms with van der Waals surface area (Å²) in [6, 6.07) is 16.6. The van der Waals surface area contributed by atoms with Crippen LogP contribution in [0.3, 0.4) is 0 Å². The third-order valence-corrected chi connectivity index (χ3v) is 4.89. The number of hydrogen-bond acceptors (Lipinski definition) is 4. The first-order valence-corrected chi connectivity index (χ1v) is 10.2. The number of carbonyl (C=O) groups excluding carboxylic acids is 1. The van der Waals surface area contributed by atoms with Crippen molar-refractivity contribution in [3.63, 3.8) is 0 Å². The Balaban J connectivity index is 1.96. The van der Waals surface area contributed by atoms with Gasteiger partial charge in [0.1, 0.15) is 5.75 Å². The third kappa shape index (κ3) is 6.50. The minimum atomic E-state index is -3.50. The van der Waals surface area contributed by atoms with Crippen molar-refractivity contribution in [2.75, 3.05) is 19.4 Å². The van der Waals surface area contributed by atoms with Crippen LogP contribution in [0.5, 0.6) is 5.75 Å². The highest BCUT2D eigenvalue weighted by Gasteiger charge is 2.20. The van der Waals surface area contributed by atoms with Crippen LogP contribution >= 0.6 is 0 Å². The van der Waals surface area contributed by atoms with Crippen molar-refractivity contribution in [3.05, 3.63) is 65.7 Å². The first kappa shape index (κ1) is 19.9. The van der Waals surface area contributed by atoms with Gasteiger partial charge in [-0.05, 0) is 30.2 Å². The lowest BCUT2D eigenvalue weighted by molar-refractivity contribution is -0.121. The maximum atomic E-state index is 12.2. The van der Waals surface area contributed by atoms with Crippen LogP contribution in [-0.2, 0) is 27.9 Å². The van der Waals surface area contributed by atoms with E-state index in [1.54, 1.807) is 0 Å². The molecular formula is C19H24N2O4S. The van der Waals surface area contributed by atoms with Gasteiger partial charge in [0.25, 0.3) is 0 Å². The quantitative estimate of drug-likeness (QED) is 0.728. The summed E-state index contributed by atoms with van der Waals surface area (Å²) in [5.74, 6) is 0.384. The van der Waals surface area contributed by atoms with E-state index in [0.29, 0.717) is 13.2 Å². The first-order valence-electron chi connectivity index (χ1n) is 8.36. The lowest BCUT2D eigenvalue weighted by Crippen LogP contribution is -2.39. The fraction of sp³-hybridized carbons (Fsp3) is 0.316. The van der Waals surface area contributed by atoms with Gasteiger partial charge in [-0.15, -0.1) is 0 Å². The van der Waals surface area contributed by atoms with E-state index in [0.717, 1.165) is 27.4 Å². The molecule has 6 nitrogen and oxygen atoms in total. The molecule has 0 saturated carbocycles. The Kier molecular flexibility index (Phi) is 7.17. The molecule has 2 aromatic carbocycles. The van der Waals surface area contributed by atoms with Crippen LogP contribution in [0.2, 0.25) is 0 Å². The van der Waals surface area contributed by atoms with Crippen LogP contribution in [0.4, 0.5) is 0 Å². The maximum Gasteiger partial charge on any atom is 0.235 e. The molecule has 0 saturated heterocycles. The van der Waals surface area contributed by atoms with Gasteiger partial charge in [-0.25, -0.2) is 8.42 Å². The Bertz CT molecular complexity index is 822. The van der Waals surface area contributed by atoms with E-state index in [1.165, 1.54) is 0 Å². The van der Waals surface area contributed by atoms with Gasteiger partial charge in [0, 0.05) is 13.1 Å². The number of nitrogens with zero attached hydrogens (tertiary/aromatic N) is 1. The zero-order valence-corrected chi connectivity index (χ0v) is 15.8. The second-order valence-electron chi connectivity index (χ2n) is 5.87. The highest BCUT2D eigenvalue weighted by Crippen LogP contribution is 2.13. The Hall–Kier alpha value is -2.38. The second kappa shape index (κ2) is 9.35. The number of sulfonamides is 1. The molecule has 7 heteroatoms. The molecule has 0 spiro atoms. The predicted octanol–water partition coefficient (Wildman–Crippen LogP) is 2.16. The minimum Gasteiger partial charge on any atom is -0.494 e. The van der Waals surface area contributed by atoms with E-state index < -0.39 is 10.0 Å². The molecule has 0 aliphatic rings. The number of carbonyl (C=O) groups is 1. The van der Waals surface area contributed by atoms with Crippen molar-refractivity contribution < 1.29 is 17.9 Å². The molecule has 0 unspecified atom stereocenters. The largest absolute Gasteiger partial charge is 0.494 e. The van der Waals surface area contributed by atoms with Gasteiger partial charge in [0.2, 0.25) is 15.9 Å². The summed E-state index contributed by atoms with van der Waals surface area (Å²) in [6.45, 7) is 2.72. The molecule has 0 bridgehead atoms. The number of rotatable bonds is 9. The molecule has 26 heavy (non-hydrogen) atoms. The maximum absolute atomic E-state index is 12.2. The topological polar surface area (TPSA) is 75.7 Å². The predicted molar refractivity (Wildman–Crippen MR) is 101 cm³/mol. The van der Waals surface area contributed by atoms with Crippen molar-refractivity contribution in [2.45, 2.75) is 20.0 Å². The summed E-state index contributed by atoms with van der Waals surface area (Å²) in [6.07, 6.45) is 1.11. The van der Waals surface area contributed by atoms with Gasteiger partial charge >= 0.3 is 0 Å². The number of hydrogen-bond donors (Lipinski definition) is 1. The fourth-order valence-electron chi connectivity index (χ4n) is 2.41. The van der Waals surface area contributed by atoms with Crippen LogP contribution in [0.15, 0.2) is 54.6 Å². The Morgan fingerprint density at radius 1 is 1.08 bits per heavy atom. The number of ether oxygens (including phenoxy) is 1. The van der Waals surface area contributed by atoms with E-state index >= 15 is 0 Å². The molecule has 0 fully saturated rings. The standard InChI is InChI=1S/C19H24N2O4S/c1-3-25-18-11-7-10-17(12-18)13-20-19(22)15-21(26(2,23)24)14-16-8-5-4-6-9-16/h4-12H,3,13-15H2,1-2H3,(H,20,22). The Morgan fingerprint density at radius 3 is 2.42 bits per heavy atom. The molecule has 1 amide bonds. The van der Waals surface area contributed by atoms with Gasteiger partial charge in [0.15, 0.2) is 0 Å². The number of benzene rings is 2. The Morgan fingerprint density at radius 2 is 1.77 bits per heavy atom. The second-order valence-corrected chi connectivity index (χ2v) is 7.86. The summed E-state index contributed by atoms with van der Waals surface area (Å²) in [5.41, 5.74) is 1.72. The van der Waals surface area contributed by atoms with Gasteiger partial charge in [-0.1, -0.05) is 42.5 Å². The molecule has 0 aliphatic heterocycles. The van der Waals surface area contributed by atoms with E-state index in [9.17, 15) is 13.2 Å². The molecule has 0 aliphatic carbocycles.